The Morgan fingerprint density at radius 3 is 2.73 bits per heavy atom. The molecule has 30 heavy (non-hydrogen) atoms. The minimum atomic E-state index is -0.462. The predicted molar refractivity (Wildman–Crippen MR) is 109 cm³/mol. The molecule has 0 spiro atoms. The molecule has 2 amide bonds. The maximum atomic E-state index is 12.2. The molecule has 0 aliphatic carbocycles. The maximum absolute atomic E-state index is 12.2. The minimum absolute atomic E-state index is 0.0372. The Morgan fingerprint density at radius 1 is 1.33 bits per heavy atom. The largest absolute Gasteiger partial charge is 0.467 e. The van der Waals surface area contributed by atoms with E-state index < -0.39 is 11.9 Å². The van der Waals surface area contributed by atoms with Crippen LogP contribution < -0.4 is 10.6 Å². The van der Waals surface area contributed by atoms with E-state index in [1.807, 2.05) is 0 Å². The average Bonchev–Trinajstić information content (AvgIpc) is 3.29. The van der Waals surface area contributed by atoms with Crippen LogP contribution in [-0.2, 0) is 20.9 Å². The summed E-state index contributed by atoms with van der Waals surface area (Å²) < 4.78 is 9.84. The fourth-order valence-corrected chi connectivity index (χ4v) is 3.88. The number of thioether (sulfide) groups is 1. The van der Waals surface area contributed by atoms with Crippen molar-refractivity contribution in [2.24, 2.45) is 0 Å². The quantitative estimate of drug-likeness (QED) is 0.654. The van der Waals surface area contributed by atoms with Gasteiger partial charge in [0.25, 0.3) is 0 Å². The molecule has 0 bridgehead atoms. The van der Waals surface area contributed by atoms with Gasteiger partial charge in [-0.2, -0.15) is 5.26 Å². The summed E-state index contributed by atoms with van der Waals surface area (Å²) in [6, 6.07) is 12.2. The first-order chi connectivity index (χ1) is 14.5. The maximum Gasteiger partial charge on any atom is 0.337 e. The third kappa shape index (κ3) is 5.10. The summed E-state index contributed by atoms with van der Waals surface area (Å²) >= 11 is 1.10. The lowest BCUT2D eigenvalue weighted by Crippen LogP contribution is -2.32. The van der Waals surface area contributed by atoms with Crippen LogP contribution in [0.5, 0.6) is 0 Å². The summed E-state index contributed by atoms with van der Waals surface area (Å²) in [5, 5.41) is 15.5. The Morgan fingerprint density at radius 2 is 2.10 bits per heavy atom. The van der Waals surface area contributed by atoms with Gasteiger partial charge in [-0.25, -0.2) is 4.79 Å². The van der Waals surface area contributed by atoms with Crippen molar-refractivity contribution in [1.82, 2.24) is 10.6 Å². The van der Waals surface area contributed by atoms with Gasteiger partial charge in [0.1, 0.15) is 5.76 Å². The van der Waals surface area contributed by atoms with Gasteiger partial charge in [0.15, 0.2) is 0 Å². The number of benzene rings is 1. The van der Waals surface area contributed by atoms with Crippen LogP contribution in [0.2, 0.25) is 0 Å². The van der Waals surface area contributed by atoms with Gasteiger partial charge in [0.2, 0.25) is 11.8 Å². The number of amides is 2. The van der Waals surface area contributed by atoms with E-state index in [1.165, 1.54) is 13.4 Å². The number of carbonyl (C=O) groups excluding carboxylic acids is 3. The second kappa shape index (κ2) is 9.80. The van der Waals surface area contributed by atoms with Crippen molar-refractivity contribution in [2.75, 3.05) is 12.9 Å². The topological polar surface area (TPSA) is 121 Å². The van der Waals surface area contributed by atoms with E-state index >= 15 is 0 Å². The second-order valence-corrected chi connectivity index (χ2v) is 7.40. The standard InChI is InChI=1S/C21H19N3O5S/c1-28-21(27)14-6-4-13(5-7-14)16-9-18(25)24-20(17(16)10-22)30-12-19(26)23-11-15-3-2-8-29-15/h2-8,16H,9,11-12H2,1H3,(H,23,26)(H,24,25)/t16-/m1/s1. The molecule has 1 aliphatic rings. The number of esters is 1. The smallest absolute Gasteiger partial charge is 0.337 e. The molecule has 0 fully saturated rings. The third-order valence-electron chi connectivity index (χ3n) is 4.48. The van der Waals surface area contributed by atoms with Crippen molar-refractivity contribution in [3.63, 3.8) is 0 Å². The normalized spacial score (nSPS) is 15.9. The van der Waals surface area contributed by atoms with Gasteiger partial charge in [0.05, 0.1) is 47.9 Å². The summed E-state index contributed by atoms with van der Waals surface area (Å²) in [6.45, 7) is 0.262. The molecule has 1 aliphatic heterocycles. The number of carbonyl (C=O) groups is 3. The number of ether oxygens (including phenoxy) is 1. The minimum Gasteiger partial charge on any atom is -0.467 e. The number of rotatable bonds is 7. The molecular formula is C21H19N3O5S. The Bertz CT molecular complexity index is 1010. The van der Waals surface area contributed by atoms with Crippen molar-refractivity contribution >= 4 is 29.5 Å². The lowest BCUT2D eigenvalue weighted by molar-refractivity contribution is -0.121. The summed E-state index contributed by atoms with van der Waals surface area (Å²) in [5.41, 5.74) is 1.49. The molecule has 0 saturated heterocycles. The summed E-state index contributed by atoms with van der Waals surface area (Å²) in [5.74, 6) is -0.739. The van der Waals surface area contributed by atoms with Gasteiger partial charge in [-0.05, 0) is 29.8 Å². The Labute approximate surface area is 177 Å². The van der Waals surface area contributed by atoms with Crippen molar-refractivity contribution in [2.45, 2.75) is 18.9 Å². The molecule has 154 valence electrons. The molecule has 1 aromatic heterocycles. The van der Waals surface area contributed by atoms with E-state index in [-0.39, 0.29) is 30.5 Å². The fraction of sp³-hybridized carbons (Fsp3) is 0.238. The van der Waals surface area contributed by atoms with Crippen molar-refractivity contribution < 1.29 is 23.5 Å². The van der Waals surface area contributed by atoms with Crippen LogP contribution in [0.4, 0.5) is 0 Å². The number of nitriles is 1. The van der Waals surface area contributed by atoms with Crippen LogP contribution in [0, 0.1) is 11.3 Å². The van der Waals surface area contributed by atoms with Gasteiger partial charge in [-0.3, -0.25) is 9.59 Å². The Hall–Kier alpha value is -3.51. The van der Waals surface area contributed by atoms with Crippen LogP contribution >= 0.6 is 11.8 Å². The lowest BCUT2D eigenvalue weighted by Gasteiger charge is -2.25. The molecule has 0 radical (unpaired) electrons. The van der Waals surface area contributed by atoms with E-state index in [2.05, 4.69) is 21.4 Å². The molecule has 1 atom stereocenters. The van der Waals surface area contributed by atoms with Gasteiger partial charge < -0.3 is 19.8 Å². The molecule has 9 heteroatoms. The van der Waals surface area contributed by atoms with Gasteiger partial charge >= 0.3 is 5.97 Å². The lowest BCUT2D eigenvalue weighted by atomic mass is 9.87. The number of hydrogen-bond donors (Lipinski definition) is 2. The van der Waals surface area contributed by atoms with E-state index in [1.54, 1.807) is 36.4 Å². The highest BCUT2D eigenvalue weighted by molar-refractivity contribution is 8.03. The number of methoxy groups -OCH3 is 1. The second-order valence-electron chi connectivity index (χ2n) is 6.42. The third-order valence-corrected chi connectivity index (χ3v) is 5.49. The zero-order valence-corrected chi connectivity index (χ0v) is 17.0. The van der Waals surface area contributed by atoms with Crippen LogP contribution in [0.15, 0.2) is 57.7 Å². The fourth-order valence-electron chi connectivity index (χ4n) is 2.97. The Kier molecular flexibility index (Phi) is 6.93. The zero-order chi connectivity index (χ0) is 21.5. The van der Waals surface area contributed by atoms with Crippen LogP contribution in [0.1, 0.15) is 34.0 Å². The highest BCUT2D eigenvalue weighted by atomic mass is 32.2. The van der Waals surface area contributed by atoms with Gasteiger partial charge in [-0.15, -0.1) is 0 Å². The first-order valence-corrected chi connectivity index (χ1v) is 10.0. The monoisotopic (exact) mass is 425 g/mol. The van der Waals surface area contributed by atoms with Crippen LogP contribution in [0.3, 0.4) is 0 Å². The van der Waals surface area contributed by atoms with E-state index in [4.69, 9.17) is 4.42 Å². The zero-order valence-electron chi connectivity index (χ0n) is 16.1. The molecule has 3 rings (SSSR count). The first-order valence-electron chi connectivity index (χ1n) is 9.06. The first kappa shape index (κ1) is 21.2. The van der Waals surface area contributed by atoms with Gasteiger partial charge in [0, 0.05) is 12.3 Å². The molecule has 0 unspecified atom stereocenters. The van der Waals surface area contributed by atoms with Crippen molar-refractivity contribution in [1.29, 1.82) is 5.26 Å². The molecule has 2 heterocycles. The molecule has 1 aromatic carbocycles. The summed E-state index contributed by atoms with van der Waals surface area (Å²) in [4.78, 5) is 35.9. The highest BCUT2D eigenvalue weighted by Crippen LogP contribution is 2.36. The summed E-state index contributed by atoms with van der Waals surface area (Å²) in [6.07, 6.45) is 1.63. The van der Waals surface area contributed by atoms with E-state index in [0.29, 0.717) is 21.9 Å². The number of nitrogens with one attached hydrogen (secondary N) is 2. The SMILES string of the molecule is COC(=O)c1ccc([C@H]2CC(=O)NC(SCC(=O)NCc3ccco3)=C2C#N)cc1. The predicted octanol–water partition coefficient (Wildman–Crippen LogP) is 2.45. The number of hydrogen-bond acceptors (Lipinski definition) is 7. The highest BCUT2D eigenvalue weighted by Gasteiger charge is 2.30. The molecule has 8 nitrogen and oxygen atoms in total. The van der Waals surface area contributed by atoms with Crippen molar-refractivity contribution in [3.8, 4) is 6.07 Å². The Balaban J connectivity index is 1.71. The summed E-state index contributed by atoms with van der Waals surface area (Å²) in [7, 11) is 1.30. The molecule has 2 N–H and O–H groups in total. The number of allylic oxidation sites excluding steroid dienone is 1. The number of furan rings is 1. The molecule has 2 aromatic rings. The number of nitrogens with zero attached hydrogens (tertiary/aromatic N) is 1. The van der Waals surface area contributed by atoms with Crippen LogP contribution in [0.25, 0.3) is 0 Å². The van der Waals surface area contributed by atoms with E-state index in [9.17, 15) is 19.6 Å². The molecular weight excluding hydrogens is 406 g/mol. The molecule has 0 saturated carbocycles. The van der Waals surface area contributed by atoms with Gasteiger partial charge in [-0.1, -0.05) is 23.9 Å². The van der Waals surface area contributed by atoms with E-state index in [0.717, 1.165) is 17.3 Å². The van der Waals surface area contributed by atoms with Crippen LogP contribution in [-0.4, -0.2) is 30.6 Å². The van der Waals surface area contributed by atoms with Crippen molar-refractivity contribution in [3.05, 3.63) is 70.2 Å². The average molecular weight is 425 g/mol.